The highest BCUT2D eigenvalue weighted by Crippen LogP contribution is 2.24. The Morgan fingerprint density at radius 2 is 1.82 bits per heavy atom. The summed E-state index contributed by atoms with van der Waals surface area (Å²) < 4.78 is 0. The van der Waals surface area contributed by atoms with E-state index in [1.165, 1.54) is 0 Å². The third-order valence-electron chi connectivity index (χ3n) is 3.58. The first-order chi connectivity index (χ1) is 10.5. The Morgan fingerprint density at radius 1 is 1.14 bits per heavy atom. The van der Waals surface area contributed by atoms with E-state index >= 15 is 0 Å². The Morgan fingerprint density at radius 3 is 2.45 bits per heavy atom. The molecular formula is C18H18ClNO2. The summed E-state index contributed by atoms with van der Waals surface area (Å²) in [4.78, 5) is 24.7. The van der Waals surface area contributed by atoms with Crippen LogP contribution in [0.25, 0.3) is 0 Å². The van der Waals surface area contributed by atoms with Crippen LogP contribution in [-0.2, 0) is 4.79 Å². The maximum atomic E-state index is 12.6. The molecule has 0 saturated carbocycles. The monoisotopic (exact) mass is 315 g/mol. The van der Waals surface area contributed by atoms with Gasteiger partial charge in [-0.05, 0) is 24.6 Å². The van der Waals surface area contributed by atoms with Gasteiger partial charge in [-0.25, -0.2) is 0 Å². The highest BCUT2D eigenvalue weighted by Gasteiger charge is 2.17. The summed E-state index contributed by atoms with van der Waals surface area (Å²) in [6.45, 7) is 3.80. The summed E-state index contributed by atoms with van der Waals surface area (Å²) in [6.07, 6.45) is 0.737. The minimum atomic E-state index is -0.164. The fourth-order valence-electron chi connectivity index (χ4n) is 2.00. The second-order valence-electron chi connectivity index (χ2n) is 5.18. The maximum absolute atomic E-state index is 12.6. The average Bonchev–Trinajstić information content (AvgIpc) is 2.55. The van der Waals surface area contributed by atoms with Crippen molar-refractivity contribution in [3.05, 3.63) is 64.7 Å². The summed E-state index contributed by atoms with van der Waals surface area (Å²) in [6, 6.07) is 13.8. The molecule has 1 amide bonds. The number of carbonyl (C=O) groups is 2. The third-order valence-corrected chi connectivity index (χ3v) is 3.82. The Labute approximate surface area is 135 Å². The molecule has 2 aromatic rings. The van der Waals surface area contributed by atoms with E-state index in [1.807, 2.05) is 19.9 Å². The van der Waals surface area contributed by atoms with Crippen molar-refractivity contribution in [2.75, 3.05) is 5.32 Å². The van der Waals surface area contributed by atoms with Crippen LogP contribution in [0.3, 0.4) is 0 Å². The third kappa shape index (κ3) is 3.74. The number of nitrogens with one attached hydrogen (secondary N) is 1. The van der Waals surface area contributed by atoms with Crippen LogP contribution in [0.5, 0.6) is 0 Å². The zero-order valence-electron chi connectivity index (χ0n) is 12.6. The fourth-order valence-corrected chi connectivity index (χ4v) is 2.17. The van der Waals surface area contributed by atoms with Crippen LogP contribution in [0.1, 0.15) is 36.2 Å². The molecule has 0 aromatic heterocycles. The van der Waals surface area contributed by atoms with E-state index in [0.29, 0.717) is 21.8 Å². The molecule has 2 rings (SSSR count). The largest absolute Gasteiger partial charge is 0.325 e. The first-order valence-electron chi connectivity index (χ1n) is 7.23. The summed E-state index contributed by atoms with van der Waals surface area (Å²) >= 11 is 6.01. The van der Waals surface area contributed by atoms with Gasteiger partial charge in [-0.2, -0.15) is 0 Å². The number of ketones is 1. The molecular weight excluding hydrogens is 298 g/mol. The van der Waals surface area contributed by atoms with Crippen molar-refractivity contribution in [2.45, 2.75) is 20.3 Å². The smallest absolute Gasteiger partial charge is 0.227 e. The van der Waals surface area contributed by atoms with Gasteiger partial charge in [0.1, 0.15) is 0 Å². The minimum absolute atomic E-state index is 0.105. The number of benzene rings is 2. The number of halogens is 1. The molecule has 0 saturated heterocycles. The number of amides is 1. The molecule has 0 bridgehead atoms. The average molecular weight is 316 g/mol. The molecule has 0 spiro atoms. The van der Waals surface area contributed by atoms with Crippen LogP contribution in [0, 0.1) is 5.92 Å². The Kier molecular flexibility index (Phi) is 5.34. The normalized spacial score (nSPS) is 11.8. The zero-order valence-corrected chi connectivity index (χ0v) is 13.4. The van der Waals surface area contributed by atoms with Gasteiger partial charge in [0.2, 0.25) is 5.91 Å². The van der Waals surface area contributed by atoms with Crippen LogP contribution >= 0.6 is 11.6 Å². The zero-order chi connectivity index (χ0) is 16.1. The second kappa shape index (κ2) is 7.23. The van der Waals surface area contributed by atoms with E-state index in [1.54, 1.807) is 42.5 Å². The molecule has 4 heteroatoms. The van der Waals surface area contributed by atoms with Gasteiger partial charge in [-0.15, -0.1) is 0 Å². The predicted octanol–water partition coefficient (Wildman–Crippen LogP) is 4.56. The van der Waals surface area contributed by atoms with Gasteiger partial charge in [0, 0.05) is 22.1 Å². The fraction of sp³-hybridized carbons (Fsp3) is 0.222. The van der Waals surface area contributed by atoms with Crippen molar-refractivity contribution in [3.63, 3.8) is 0 Å². The molecule has 114 valence electrons. The number of rotatable bonds is 5. The molecule has 0 radical (unpaired) electrons. The van der Waals surface area contributed by atoms with E-state index in [4.69, 9.17) is 11.6 Å². The molecule has 0 fully saturated rings. The molecule has 1 atom stereocenters. The molecule has 1 N–H and O–H groups in total. The van der Waals surface area contributed by atoms with Gasteiger partial charge in [0.15, 0.2) is 5.78 Å². The number of hydrogen-bond donors (Lipinski definition) is 1. The topological polar surface area (TPSA) is 46.2 Å². The maximum Gasteiger partial charge on any atom is 0.227 e. The van der Waals surface area contributed by atoms with Crippen molar-refractivity contribution in [3.8, 4) is 0 Å². The Bertz CT molecular complexity index is 683. The van der Waals surface area contributed by atoms with Gasteiger partial charge in [0.05, 0.1) is 5.69 Å². The van der Waals surface area contributed by atoms with E-state index in [9.17, 15) is 9.59 Å². The summed E-state index contributed by atoms with van der Waals surface area (Å²) in [5.41, 5.74) is 1.45. The van der Waals surface area contributed by atoms with Crippen LogP contribution in [0.2, 0.25) is 5.02 Å². The Hall–Kier alpha value is -2.13. The van der Waals surface area contributed by atoms with Crippen LogP contribution in [0.4, 0.5) is 5.69 Å². The van der Waals surface area contributed by atoms with E-state index in [2.05, 4.69) is 5.32 Å². The molecule has 1 unspecified atom stereocenters. The highest BCUT2D eigenvalue weighted by atomic mass is 35.5. The minimum Gasteiger partial charge on any atom is -0.325 e. The van der Waals surface area contributed by atoms with E-state index < -0.39 is 0 Å². The van der Waals surface area contributed by atoms with Crippen molar-refractivity contribution < 1.29 is 9.59 Å². The van der Waals surface area contributed by atoms with Crippen LogP contribution < -0.4 is 5.32 Å². The summed E-state index contributed by atoms with van der Waals surface area (Å²) in [7, 11) is 0. The first-order valence-corrected chi connectivity index (χ1v) is 7.61. The lowest BCUT2D eigenvalue weighted by molar-refractivity contribution is -0.119. The van der Waals surface area contributed by atoms with Gasteiger partial charge < -0.3 is 5.32 Å². The molecule has 0 aliphatic rings. The van der Waals surface area contributed by atoms with Crippen molar-refractivity contribution in [1.82, 2.24) is 0 Å². The van der Waals surface area contributed by atoms with Gasteiger partial charge >= 0.3 is 0 Å². The van der Waals surface area contributed by atoms with Gasteiger partial charge in [-0.1, -0.05) is 55.8 Å². The molecule has 0 aliphatic carbocycles. The van der Waals surface area contributed by atoms with Gasteiger partial charge in [0.25, 0.3) is 0 Å². The number of anilines is 1. The lowest BCUT2D eigenvalue weighted by Crippen LogP contribution is -2.21. The lowest BCUT2D eigenvalue weighted by Gasteiger charge is -2.14. The lowest BCUT2D eigenvalue weighted by atomic mass is 10.0. The summed E-state index contributed by atoms with van der Waals surface area (Å²) in [5, 5.41) is 3.28. The van der Waals surface area contributed by atoms with E-state index in [0.717, 1.165) is 6.42 Å². The van der Waals surface area contributed by atoms with Crippen molar-refractivity contribution in [1.29, 1.82) is 0 Å². The molecule has 3 nitrogen and oxygen atoms in total. The van der Waals surface area contributed by atoms with E-state index in [-0.39, 0.29) is 17.6 Å². The second-order valence-corrected chi connectivity index (χ2v) is 5.62. The highest BCUT2D eigenvalue weighted by molar-refractivity contribution is 6.31. The molecule has 2 aromatic carbocycles. The van der Waals surface area contributed by atoms with Crippen molar-refractivity contribution >= 4 is 29.0 Å². The predicted molar refractivity (Wildman–Crippen MR) is 89.4 cm³/mol. The van der Waals surface area contributed by atoms with Gasteiger partial charge in [-0.3, -0.25) is 9.59 Å². The Balaban J connectivity index is 2.36. The number of hydrogen-bond acceptors (Lipinski definition) is 2. The standard InChI is InChI=1S/C18H18ClNO2/c1-3-12(2)18(22)20-16-10-9-14(19)11-15(16)17(21)13-7-5-4-6-8-13/h4-12H,3H2,1-2H3,(H,20,22). The SMILES string of the molecule is CCC(C)C(=O)Nc1ccc(Cl)cc1C(=O)c1ccccc1. The van der Waals surface area contributed by atoms with Crippen LogP contribution in [0.15, 0.2) is 48.5 Å². The van der Waals surface area contributed by atoms with Crippen molar-refractivity contribution in [2.24, 2.45) is 5.92 Å². The first kappa shape index (κ1) is 16.2. The molecule has 0 heterocycles. The number of carbonyl (C=O) groups excluding carboxylic acids is 2. The summed E-state index contributed by atoms with van der Waals surface area (Å²) in [5.74, 6) is -0.384. The van der Waals surface area contributed by atoms with Crippen LogP contribution in [-0.4, -0.2) is 11.7 Å². The quantitative estimate of drug-likeness (QED) is 0.822. The molecule has 0 aliphatic heterocycles. The molecule has 22 heavy (non-hydrogen) atoms.